The lowest BCUT2D eigenvalue weighted by Gasteiger charge is -2.11. The molecule has 2 rings (SSSR count). The summed E-state index contributed by atoms with van der Waals surface area (Å²) < 4.78 is 15.1. The van der Waals surface area contributed by atoms with Crippen LogP contribution in [-0.2, 0) is 6.54 Å². The molecule has 2 aromatic rings. The van der Waals surface area contributed by atoms with Crippen LogP contribution in [0.3, 0.4) is 0 Å². The minimum absolute atomic E-state index is 0.0513. The van der Waals surface area contributed by atoms with Crippen LogP contribution in [0.1, 0.15) is 5.56 Å². The molecule has 0 bridgehead atoms. The summed E-state index contributed by atoms with van der Waals surface area (Å²) in [6.07, 6.45) is 1.72. The van der Waals surface area contributed by atoms with E-state index in [1.54, 1.807) is 29.0 Å². The fourth-order valence-electron chi connectivity index (χ4n) is 1.80. The van der Waals surface area contributed by atoms with Gasteiger partial charge in [-0.1, -0.05) is 18.2 Å². The zero-order chi connectivity index (χ0) is 13.0. The summed E-state index contributed by atoms with van der Waals surface area (Å²) in [5.41, 5.74) is 1.31. The van der Waals surface area contributed by atoms with Crippen molar-refractivity contribution >= 4 is 5.69 Å². The average molecular weight is 246 g/mol. The molecule has 0 aliphatic heterocycles. The number of hydrogen-bond donors (Lipinski definition) is 1. The van der Waals surface area contributed by atoms with Gasteiger partial charge >= 0.3 is 0 Å². The number of nitrogens with zero attached hydrogens (tertiary/aromatic N) is 1. The number of aromatic nitrogens is 1. The lowest BCUT2D eigenvalue weighted by molar-refractivity contribution is 0.625. The zero-order valence-electron chi connectivity index (χ0n) is 10.2. The van der Waals surface area contributed by atoms with Crippen LogP contribution in [-0.4, -0.2) is 11.1 Å². The molecule has 4 heteroatoms. The monoisotopic (exact) mass is 246 g/mol. The van der Waals surface area contributed by atoms with E-state index < -0.39 is 0 Å². The molecule has 0 spiro atoms. The average Bonchev–Trinajstić information content (AvgIpc) is 2.35. The lowest BCUT2D eigenvalue weighted by atomic mass is 10.2. The van der Waals surface area contributed by atoms with E-state index in [1.807, 2.05) is 13.0 Å². The first-order chi connectivity index (χ1) is 8.68. The summed E-state index contributed by atoms with van der Waals surface area (Å²) in [6, 6.07) is 9.96. The normalized spacial score (nSPS) is 10.3. The molecular weight excluding hydrogens is 231 g/mol. The van der Waals surface area contributed by atoms with E-state index in [4.69, 9.17) is 0 Å². The molecule has 0 unspecified atom stereocenters. The molecule has 0 saturated carbocycles. The van der Waals surface area contributed by atoms with Crippen LogP contribution in [0.15, 0.2) is 47.4 Å². The molecule has 1 heterocycles. The maximum Gasteiger partial charge on any atom is 0.250 e. The van der Waals surface area contributed by atoms with Crippen LogP contribution >= 0.6 is 0 Å². The highest BCUT2D eigenvalue weighted by Gasteiger charge is 2.03. The van der Waals surface area contributed by atoms with Crippen molar-refractivity contribution in [3.63, 3.8) is 0 Å². The molecule has 0 atom stereocenters. The first-order valence-corrected chi connectivity index (χ1v) is 5.83. The second-order valence-electron chi connectivity index (χ2n) is 4.09. The van der Waals surface area contributed by atoms with Gasteiger partial charge in [0.05, 0.1) is 5.69 Å². The SMILES string of the molecule is Cc1cccc(F)c1NCCn1ccccc1=O. The number of halogens is 1. The quantitative estimate of drug-likeness (QED) is 0.898. The van der Waals surface area contributed by atoms with Crippen molar-refractivity contribution in [2.75, 3.05) is 11.9 Å². The molecule has 0 radical (unpaired) electrons. The minimum Gasteiger partial charge on any atom is -0.381 e. The van der Waals surface area contributed by atoms with E-state index in [1.165, 1.54) is 12.1 Å². The van der Waals surface area contributed by atoms with Crippen molar-refractivity contribution in [1.29, 1.82) is 0 Å². The summed E-state index contributed by atoms with van der Waals surface area (Å²) in [5.74, 6) is -0.268. The summed E-state index contributed by atoms with van der Waals surface area (Å²) in [4.78, 5) is 11.5. The third-order valence-corrected chi connectivity index (χ3v) is 2.78. The molecule has 1 aromatic carbocycles. The second-order valence-corrected chi connectivity index (χ2v) is 4.09. The van der Waals surface area contributed by atoms with Gasteiger partial charge in [-0.15, -0.1) is 0 Å². The maximum atomic E-state index is 13.5. The smallest absolute Gasteiger partial charge is 0.250 e. The first kappa shape index (κ1) is 12.4. The zero-order valence-corrected chi connectivity index (χ0v) is 10.2. The van der Waals surface area contributed by atoms with Gasteiger partial charge in [0.1, 0.15) is 5.82 Å². The Balaban J connectivity index is 2.01. The fourth-order valence-corrected chi connectivity index (χ4v) is 1.80. The number of para-hydroxylation sites is 1. The highest BCUT2D eigenvalue weighted by molar-refractivity contribution is 5.51. The van der Waals surface area contributed by atoms with Gasteiger partial charge in [0.25, 0.3) is 5.56 Å². The summed E-state index contributed by atoms with van der Waals surface area (Å²) in [7, 11) is 0. The highest BCUT2D eigenvalue weighted by Crippen LogP contribution is 2.18. The number of aryl methyl sites for hydroxylation is 1. The van der Waals surface area contributed by atoms with Crippen molar-refractivity contribution in [2.24, 2.45) is 0 Å². The van der Waals surface area contributed by atoms with Gasteiger partial charge in [-0.05, 0) is 24.6 Å². The standard InChI is InChI=1S/C14H15FN2O/c1-11-5-4-6-12(15)14(11)16-8-10-17-9-3-2-7-13(17)18/h2-7,9,16H,8,10H2,1H3. The summed E-state index contributed by atoms with van der Waals surface area (Å²) in [5, 5.41) is 3.02. The van der Waals surface area contributed by atoms with Crippen LogP contribution in [0, 0.1) is 12.7 Å². The van der Waals surface area contributed by atoms with Gasteiger partial charge < -0.3 is 9.88 Å². The van der Waals surface area contributed by atoms with Crippen molar-refractivity contribution < 1.29 is 4.39 Å². The number of benzene rings is 1. The predicted octanol–water partition coefficient (Wildman–Crippen LogP) is 2.41. The molecule has 1 N–H and O–H groups in total. The van der Waals surface area contributed by atoms with Crippen LogP contribution in [0.5, 0.6) is 0 Å². The molecule has 3 nitrogen and oxygen atoms in total. The van der Waals surface area contributed by atoms with Crippen LogP contribution in [0.2, 0.25) is 0 Å². The van der Waals surface area contributed by atoms with Crippen LogP contribution in [0.4, 0.5) is 10.1 Å². The molecule has 0 aliphatic carbocycles. The predicted molar refractivity (Wildman–Crippen MR) is 70.3 cm³/mol. The Labute approximate surface area is 105 Å². The molecule has 0 fully saturated rings. The Hall–Kier alpha value is -2.10. The van der Waals surface area contributed by atoms with E-state index in [2.05, 4.69) is 5.32 Å². The second kappa shape index (κ2) is 5.49. The maximum absolute atomic E-state index is 13.5. The molecule has 0 aliphatic rings. The highest BCUT2D eigenvalue weighted by atomic mass is 19.1. The number of nitrogens with one attached hydrogen (secondary N) is 1. The molecule has 0 amide bonds. The van der Waals surface area contributed by atoms with Gasteiger partial charge in [0.2, 0.25) is 0 Å². The Morgan fingerprint density at radius 2 is 2.06 bits per heavy atom. The third kappa shape index (κ3) is 2.77. The van der Waals surface area contributed by atoms with E-state index in [0.717, 1.165) is 5.56 Å². The van der Waals surface area contributed by atoms with E-state index >= 15 is 0 Å². The lowest BCUT2D eigenvalue weighted by Crippen LogP contribution is -2.22. The largest absolute Gasteiger partial charge is 0.381 e. The summed E-state index contributed by atoms with van der Waals surface area (Å²) in [6.45, 7) is 2.86. The third-order valence-electron chi connectivity index (χ3n) is 2.78. The van der Waals surface area contributed by atoms with E-state index in [0.29, 0.717) is 18.8 Å². The molecule has 0 saturated heterocycles. The van der Waals surface area contributed by atoms with E-state index in [9.17, 15) is 9.18 Å². The Bertz CT molecular complexity index is 572. The van der Waals surface area contributed by atoms with Crippen molar-refractivity contribution in [2.45, 2.75) is 13.5 Å². The van der Waals surface area contributed by atoms with Crippen LogP contribution in [0.25, 0.3) is 0 Å². The number of hydrogen-bond acceptors (Lipinski definition) is 2. The van der Waals surface area contributed by atoms with E-state index in [-0.39, 0.29) is 11.4 Å². The molecule has 94 valence electrons. The fraction of sp³-hybridized carbons (Fsp3) is 0.214. The van der Waals surface area contributed by atoms with Gasteiger partial charge in [-0.3, -0.25) is 4.79 Å². The van der Waals surface area contributed by atoms with Crippen molar-refractivity contribution in [3.8, 4) is 0 Å². The van der Waals surface area contributed by atoms with Gasteiger partial charge in [0.15, 0.2) is 0 Å². The molecule has 18 heavy (non-hydrogen) atoms. The van der Waals surface area contributed by atoms with Gasteiger partial charge in [-0.25, -0.2) is 4.39 Å². The van der Waals surface area contributed by atoms with Gasteiger partial charge in [0, 0.05) is 25.4 Å². The Morgan fingerprint density at radius 3 is 2.78 bits per heavy atom. The number of anilines is 1. The van der Waals surface area contributed by atoms with Crippen molar-refractivity contribution in [3.05, 3.63) is 64.3 Å². The molecule has 1 aromatic heterocycles. The molecular formula is C14H15FN2O. The minimum atomic E-state index is -0.268. The first-order valence-electron chi connectivity index (χ1n) is 5.83. The topological polar surface area (TPSA) is 34.0 Å². The Morgan fingerprint density at radius 1 is 1.22 bits per heavy atom. The van der Waals surface area contributed by atoms with Crippen molar-refractivity contribution in [1.82, 2.24) is 4.57 Å². The Kier molecular flexibility index (Phi) is 3.77. The number of pyridine rings is 1. The number of rotatable bonds is 4. The van der Waals surface area contributed by atoms with Gasteiger partial charge in [-0.2, -0.15) is 0 Å². The van der Waals surface area contributed by atoms with Crippen LogP contribution < -0.4 is 10.9 Å². The summed E-state index contributed by atoms with van der Waals surface area (Å²) >= 11 is 0.